The van der Waals surface area contributed by atoms with Crippen LogP contribution in [0.4, 0.5) is 0 Å². The Morgan fingerprint density at radius 3 is 2.77 bits per heavy atom. The minimum atomic E-state index is -0.134. The number of ether oxygens (including phenoxy) is 1. The first-order valence-electron chi connectivity index (χ1n) is 9.74. The Bertz CT molecular complexity index is 1070. The molecule has 2 aromatic carbocycles. The van der Waals surface area contributed by atoms with Gasteiger partial charge >= 0.3 is 0 Å². The van der Waals surface area contributed by atoms with Crippen molar-refractivity contribution in [1.29, 1.82) is 0 Å². The van der Waals surface area contributed by atoms with E-state index in [1.807, 2.05) is 42.6 Å². The average Bonchev–Trinajstić information content (AvgIpc) is 3.08. The highest BCUT2D eigenvalue weighted by molar-refractivity contribution is 6.35. The molecule has 30 heavy (non-hydrogen) atoms. The summed E-state index contributed by atoms with van der Waals surface area (Å²) in [7, 11) is 0. The predicted octanol–water partition coefficient (Wildman–Crippen LogP) is 3.78. The molecule has 8 heteroatoms. The first-order chi connectivity index (χ1) is 14.6. The molecule has 4 rings (SSSR count). The molecular formula is C22H22Cl2N4O2. The summed E-state index contributed by atoms with van der Waals surface area (Å²) in [5, 5.41) is 6.46. The second kappa shape index (κ2) is 9.62. The van der Waals surface area contributed by atoms with E-state index in [1.54, 1.807) is 12.3 Å². The molecule has 1 amide bonds. The van der Waals surface area contributed by atoms with Gasteiger partial charge in [-0.1, -0.05) is 47.5 Å². The van der Waals surface area contributed by atoms with Crippen molar-refractivity contribution in [3.8, 4) is 0 Å². The van der Waals surface area contributed by atoms with Gasteiger partial charge in [0.2, 0.25) is 0 Å². The number of nitrogens with one attached hydrogen (secondary N) is 1. The van der Waals surface area contributed by atoms with E-state index in [9.17, 15) is 4.79 Å². The second-order valence-electron chi connectivity index (χ2n) is 7.15. The van der Waals surface area contributed by atoms with Crippen molar-refractivity contribution >= 4 is 46.2 Å². The van der Waals surface area contributed by atoms with Crippen LogP contribution in [0.15, 0.2) is 53.8 Å². The van der Waals surface area contributed by atoms with Crippen LogP contribution >= 0.6 is 23.2 Å². The van der Waals surface area contributed by atoms with Crippen LogP contribution in [0.5, 0.6) is 0 Å². The van der Waals surface area contributed by atoms with Crippen molar-refractivity contribution in [1.82, 2.24) is 14.9 Å². The van der Waals surface area contributed by atoms with Gasteiger partial charge in [-0.2, -0.15) is 5.10 Å². The highest BCUT2D eigenvalue weighted by Crippen LogP contribution is 2.25. The lowest BCUT2D eigenvalue weighted by atomic mass is 10.2. The number of hydrazone groups is 1. The molecule has 6 nitrogen and oxygen atoms in total. The number of nitrogens with zero attached hydrogens (tertiary/aromatic N) is 3. The zero-order chi connectivity index (χ0) is 20.9. The first-order valence-corrected chi connectivity index (χ1v) is 10.5. The van der Waals surface area contributed by atoms with E-state index in [4.69, 9.17) is 27.9 Å². The zero-order valence-electron chi connectivity index (χ0n) is 16.4. The Hall–Kier alpha value is -2.38. The summed E-state index contributed by atoms with van der Waals surface area (Å²) < 4.78 is 7.41. The summed E-state index contributed by atoms with van der Waals surface area (Å²) in [5.74, 6) is -0.134. The summed E-state index contributed by atoms with van der Waals surface area (Å²) in [6.07, 6.45) is 3.69. The fraction of sp³-hybridized carbons (Fsp3) is 0.273. The van der Waals surface area contributed by atoms with Crippen LogP contribution in [0, 0.1) is 0 Å². The minimum absolute atomic E-state index is 0.134. The highest BCUT2D eigenvalue weighted by Gasteiger charge is 2.14. The number of morpholine rings is 1. The number of benzene rings is 2. The van der Waals surface area contributed by atoms with Crippen molar-refractivity contribution in [2.45, 2.75) is 6.54 Å². The Morgan fingerprint density at radius 1 is 1.17 bits per heavy atom. The second-order valence-corrected chi connectivity index (χ2v) is 7.99. The van der Waals surface area contributed by atoms with Gasteiger partial charge in [0.05, 0.1) is 26.0 Å². The van der Waals surface area contributed by atoms with E-state index >= 15 is 0 Å². The Balaban J connectivity index is 1.49. The smallest absolute Gasteiger partial charge is 0.254 e. The molecular weight excluding hydrogens is 423 g/mol. The molecule has 1 aliphatic heterocycles. The third-order valence-electron chi connectivity index (χ3n) is 5.04. The maximum absolute atomic E-state index is 12.1. The Morgan fingerprint density at radius 2 is 1.97 bits per heavy atom. The van der Waals surface area contributed by atoms with Crippen molar-refractivity contribution in [3.63, 3.8) is 0 Å². The number of aromatic nitrogens is 1. The summed E-state index contributed by atoms with van der Waals surface area (Å²) in [5.41, 5.74) is 5.58. The van der Waals surface area contributed by atoms with E-state index in [0.717, 1.165) is 35.1 Å². The fourth-order valence-corrected chi connectivity index (χ4v) is 3.98. The van der Waals surface area contributed by atoms with E-state index in [0.29, 0.717) is 36.3 Å². The molecule has 0 bridgehead atoms. The number of rotatable bonds is 6. The van der Waals surface area contributed by atoms with Gasteiger partial charge in [0.15, 0.2) is 0 Å². The quantitative estimate of drug-likeness (QED) is 0.464. The van der Waals surface area contributed by atoms with Crippen LogP contribution in [-0.4, -0.2) is 54.4 Å². The van der Waals surface area contributed by atoms with Gasteiger partial charge in [-0.15, -0.1) is 0 Å². The topological polar surface area (TPSA) is 58.9 Å². The normalized spacial score (nSPS) is 15.1. The van der Waals surface area contributed by atoms with Gasteiger partial charge in [0.1, 0.15) is 0 Å². The largest absolute Gasteiger partial charge is 0.379 e. The monoisotopic (exact) mass is 444 g/mol. The molecule has 0 unspecified atom stereocenters. The summed E-state index contributed by atoms with van der Waals surface area (Å²) in [6, 6.07) is 13.6. The third kappa shape index (κ3) is 5.02. The van der Waals surface area contributed by atoms with Gasteiger partial charge in [0.25, 0.3) is 5.91 Å². The molecule has 3 aromatic rings. The maximum atomic E-state index is 12.1. The Kier molecular flexibility index (Phi) is 6.69. The van der Waals surface area contributed by atoms with E-state index in [1.165, 1.54) is 0 Å². The van der Waals surface area contributed by atoms with Crippen LogP contribution in [0.1, 0.15) is 11.1 Å². The van der Waals surface area contributed by atoms with Crippen molar-refractivity contribution < 1.29 is 9.53 Å². The molecule has 2 heterocycles. The first kappa shape index (κ1) is 20.9. The maximum Gasteiger partial charge on any atom is 0.254 e. The van der Waals surface area contributed by atoms with Crippen molar-refractivity contribution in [3.05, 3.63) is 69.8 Å². The van der Waals surface area contributed by atoms with Gasteiger partial charge in [0, 0.05) is 52.3 Å². The lowest BCUT2D eigenvalue weighted by Crippen LogP contribution is -2.42. The number of carbonyl (C=O) groups excluding carboxylic acids is 1. The SMILES string of the molecule is O=C(CN1CCOCC1)N/N=C\c1cn(Cc2ccc(Cl)cc2Cl)c2ccccc12. The predicted molar refractivity (Wildman–Crippen MR) is 120 cm³/mol. The zero-order valence-corrected chi connectivity index (χ0v) is 17.9. The number of para-hydroxylation sites is 1. The number of hydrogen-bond acceptors (Lipinski definition) is 4. The molecule has 156 valence electrons. The molecule has 0 radical (unpaired) electrons. The lowest BCUT2D eigenvalue weighted by molar-refractivity contribution is -0.123. The van der Waals surface area contributed by atoms with Crippen LogP contribution in [0.2, 0.25) is 10.0 Å². The lowest BCUT2D eigenvalue weighted by Gasteiger charge is -2.25. The number of carbonyl (C=O) groups is 1. The van der Waals surface area contributed by atoms with Gasteiger partial charge in [-0.3, -0.25) is 9.69 Å². The van der Waals surface area contributed by atoms with Gasteiger partial charge < -0.3 is 9.30 Å². The average molecular weight is 445 g/mol. The van der Waals surface area contributed by atoms with Gasteiger partial charge in [-0.25, -0.2) is 5.43 Å². The summed E-state index contributed by atoms with van der Waals surface area (Å²) in [4.78, 5) is 14.2. The molecule has 1 aromatic heterocycles. The van der Waals surface area contributed by atoms with Crippen LogP contribution < -0.4 is 5.43 Å². The number of hydrogen-bond donors (Lipinski definition) is 1. The summed E-state index contributed by atoms with van der Waals surface area (Å²) in [6.45, 7) is 3.77. The standard InChI is InChI=1S/C22H22Cl2N4O2/c23-18-6-5-16(20(24)11-18)13-28-14-17(19-3-1-2-4-21(19)28)12-25-26-22(29)15-27-7-9-30-10-8-27/h1-6,11-12,14H,7-10,13,15H2,(H,26,29)/b25-12-. The van der Waals surface area contributed by atoms with Gasteiger partial charge in [-0.05, 0) is 23.8 Å². The van der Waals surface area contributed by atoms with E-state index in [2.05, 4.69) is 20.0 Å². The molecule has 1 saturated heterocycles. The minimum Gasteiger partial charge on any atom is -0.379 e. The molecule has 0 spiro atoms. The van der Waals surface area contributed by atoms with Crippen molar-refractivity contribution in [2.75, 3.05) is 32.8 Å². The van der Waals surface area contributed by atoms with Crippen LogP contribution in [0.25, 0.3) is 10.9 Å². The molecule has 1 N–H and O–H groups in total. The molecule has 0 aliphatic carbocycles. The number of amides is 1. The number of fused-ring (bicyclic) bond motifs is 1. The number of halogens is 2. The molecule has 0 atom stereocenters. The molecule has 1 fully saturated rings. The third-order valence-corrected chi connectivity index (χ3v) is 5.63. The van der Waals surface area contributed by atoms with E-state index in [-0.39, 0.29) is 5.91 Å². The highest BCUT2D eigenvalue weighted by atomic mass is 35.5. The molecule has 1 aliphatic rings. The Labute approximate surface area is 185 Å². The van der Waals surface area contributed by atoms with Crippen LogP contribution in [0.3, 0.4) is 0 Å². The molecule has 0 saturated carbocycles. The van der Waals surface area contributed by atoms with Crippen molar-refractivity contribution in [2.24, 2.45) is 5.10 Å². The van der Waals surface area contributed by atoms with E-state index < -0.39 is 0 Å². The summed E-state index contributed by atoms with van der Waals surface area (Å²) >= 11 is 12.4. The fourth-order valence-electron chi connectivity index (χ4n) is 3.51. The van der Waals surface area contributed by atoms with Crippen LogP contribution in [-0.2, 0) is 16.1 Å².